The lowest BCUT2D eigenvalue weighted by Gasteiger charge is -2.52. The van der Waals surface area contributed by atoms with Crippen molar-refractivity contribution in [3.05, 3.63) is 54.1 Å². The van der Waals surface area contributed by atoms with Gasteiger partial charge in [-0.05, 0) is 42.7 Å². The number of piperidine rings is 2. The van der Waals surface area contributed by atoms with Gasteiger partial charge >= 0.3 is 0 Å². The fraction of sp³-hybridized carbons (Fsp3) is 0.350. The Hall–Kier alpha value is -2.49. The second kappa shape index (κ2) is 5.86. The number of hydrogen-bond donors (Lipinski definition) is 1. The Bertz CT molecular complexity index is 773. The van der Waals surface area contributed by atoms with Crippen molar-refractivity contribution < 1.29 is 14.6 Å². The molecule has 5 rings (SSSR count). The van der Waals surface area contributed by atoms with Crippen LogP contribution >= 0.6 is 0 Å². The molecule has 4 nitrogen and oxygen atoms in total. The van der Waals surface area contributed by atoms with Crippen LogP contribution in [0.25, 0.3) is 0 Å². The maximum Gasteiger partial charge on any atom is 0.140 e. The maximum atomic E-state index is 12.5. The van der Waals surface area contributed by atoms with Gasteiger partial charge in [0.15, 0.2) is 0 Å². The molecule has 2 bridgehead atoms. The summed E-state index contributed by atoms with van der Waals surface area (Å²) in [6.45, 7) is 0. The van der Waals surface area contributed by atoms with E-state index in [0.717, 1.165) is 29.8 Å². The van der Waals surface area contributed by atoms with Crippen molar-refractivity contribution in [1.82, 2.24) is 0 Å². The molecule has 3 fully saturated rings. The molecule has 124 valence electrons. The summed E-state index contributed by atoms with van der Waals surface area (Å²) in [5, 5.41) is 9.90. The van der Waals surface area contributed by atoms with Gasteiger partial charge in [0.05, 0.1) is 13.2 Å². The van der Waals surface area contributed by atoms with Crippen LogP contribution in [0, 0.1) is 5.92 Å². The summed E-state index contributed by atoms with van der Waals surface area (Å²) >= 11 is 0. The lowest BCUT2D eigenvalue weighted by atomic mass is 9.71. The van der Waals surface area contributed by atoms with E-state index in [1.807, 2.05) is 30.3 Å². The molecule has 1 N–H and O–H groups in total. The van der Waals surface area contributed by atoms with Crippen LogP contribution in [0.4, 0.5) is 5.69 Å². The third-order valence-electron chi connectivity index (χ3n) is 5.30. The number of carbonyl (C=O) groups excluding carboxylic acids is 1. The molecule has 1 aliphatic carbocycles. The van der Waals surface area contributed by atoms with Crippen LogP contribution in [0.2, 0.25) is 0 Å². The molecule has 2 aromatic rings. The number of ether oxygens (including phenoxy) is 1. The quantitative estimate of drug-likeness (QED) is 0.936. The predicted molar refractivity (Wildman–Crippen MR) is 92.5 cm³/mol. The van der Waals surface area contributed by atoms with Crippen LogP contribution in [-0.4, -0.2) is 24.0 Å². The molecule has 1 saturated carbocycles. The van der Waals surface area contributed by atoms with E-state index in [0.29, 0.717) is 12.2 Å². The van der Waals surface area contributed by atoms with E-state index < -0.39 is 0 Å². The zero-order chi connectivity index (χ0) is 16.7. The first kappa shape index (κ1) is 15.1. The summed E-state index contributed by atoms with van der Waals surface area (Å²) in [4.78, 5) is 14.9. The van der Waals surface area contributed by atoms with Crippen LogP contribution in [-0.2, 0) is 4.79 Å². The number of fused-ring (bicyclic) bond motifs is 3. The number of phenolic OH excluding ortho intramolecular Hbond substituents is 1. The first-order valence-electron chi connectivity index (χ1n) is 8.41. The van der Waals surface area contributed by atoms with Crippen molar-refractivity contribution in [3.8, 4) is 11.5 Å². The van der Waals surface area contributed by atoms with Crippen LogP contribution in [0.15, 0.2) is 48.5 Å². The number of ketones is 1. The predicted octanol–water partition coefficient (Wildman–Crippen LogP) is 3.70. The monoisotopic (exact) mass is 323 g/mol. The van der Waals surface area contributed by atoms with Gasteiger partial charge in [-0.25, -0.2) is 0 Å². The Balaban J connectivity index is 1.81. The Morgan fingerprint density at radius 3 is 2.71 bits per heavy atom. The summed E-state index contributed by atoms with van der Waals surface area (Å²) in [6, 6.07) is 15.5. The van der Waals surface area contributed by atoms with Gasteiger partial charge in [0.1, 0.15) is 17.3 Å². The van der Waals surface area contributed by atoms with Crippen molar-refractivity contribution in [3.63, 3.8) is 0 Å². The third kappa shape index (κ3) is 2.42. The molecule has 3 atom stereocenters. The van der Waals surface area contributed by atoms with E-state index in [4.69, 9.17) is 4.74 Å². The van der Waals surface area contributed by atoms with Gasteiger partial charge in [-0.3, -0.25) is 4.79 Å². The molecule has 0 amide bonds. The highest BCUT2D eigenvalue weighted by Gasteiger charge is 2.47. The molecule has 0 spiro atoms. The first-order valence-corrected chi connectivity index (χ1v) is 8.41. The Labute approximate surface area is 141 Å². The minimum absolute atomic E-state index is 0.0111. The molecular formula is C20H21NO3. The minimum Gasteiger partial charge on any atom is -0.508 e. The molecule has 4 heteroatoms. The lowest BCUT2D eigenvalue weighted by molar-refractivity contribution is -0.128. The maximum absolute atomic E-state index is 12.5. The number of aromatic hydroxyl groups is 1. The van der Waals surface area contributed by atoms with Crippen molar-refractivity contribution in [2.75, 3.05) is 12.0 Å². The highest BCUT2D eigenvalue weighted by molar-refractivity contribution is 5.86. The van der Waals surface area contributed by atoms with Gasteiger partial charge in [-0.2, -0.15) is 0 Å². The zero-order valence-corrected chi connectivity index (χ0v) is 13.7. The number of anilines is 1. The second-order valence-electron chi connectivity index (χ2n) is 6.66. The van der Waals surface area contributed by atoms with Crippen LogP contribution in [0.3, 0.4) is 0 Å². The lowest BCUT2D eigenvalue weighted by Crippen LogP contribution is -2.54. The van der Waals surface area contributed by atoms with Crippen LogP contribution in [0.1, 0.15) is 30.9 Å². The summed E-state index contributed by atoms with van der Waals surface area (Å²) in [6.07, 6.45) is 2.56. The van der Waals surface area contributed by atoms with Gasteiger partial charge in [0.25, 0.3) is 0 Å². The molecular weight excluding hydrogens is 302 g/mol. The highest BCUT2D eigenvalue weighted by atomic mass is 16.5. The molecule has 0 aromatic heterocycles. The van der Waals surface area contributed by atoms with Gasteiger partial charge in [0, 0.05) is 30.1 Å². The summed E-state index contributed by atoms with van der Waals surface area (Å²) in [7, 11) is 1.66. The van der Waals surface area contributed by atoms with Crippen LogP contribution in [0.5, 0.6) is 11.5 Å². The molecule has 2 saturated heterocycles. The van der Waals surface area contributed by atoms with Gasteiger partial charge < -0.3 is 14.7 Å². The second-order valence-corrected chi connectivity index (χ2v) is 6.66. The molecule has 2 aliphatic heterocycles. The van der Waals surface area contributed by atoms with Crippen molar-refractivity contribution in [1.29, 1.82) is 0 Å². The molecule has 3 aliphatic rings. The largest absolute Gasteiger partial charge is 0.508 e. The topological polar surface area (TPSA) is 49.8 Å². The normalized spacial score (nSPS) is 25.8. The number of rotatable bonds is 3. The molecule has 3 unspecified atom stereocenters. The minimum atomic E-state index is -0.0239. The standard InChI is InChI=1S/C20H21NO3/c1-24-17-7-3-5-14(11-17)21-15-8-9-18(19(23)12-15)20(21)13-4-2-6-16(22)10-13/h2-7,10-11,15,18,20,22H,8-9,12H2,1H3. The van der Waals surface area contributed by atoms with E-state index in [1.54, 1.807) is 19.2 Å². The molecule has 2 heterocycles. The Morgan fingerprint density at radius 2 is 1.96 bits per heavy atom. The first-order chi connectivity index (χ1) is 11.7. The number of hydrogen-bond acceptors (Lipinski definition) is 4. The van der Waals surface area contributed by atoms with E-state index in [1.165, 1.54) is 0 Å². The smallest absolute Gasteiger partial charge is 0.140 e. The average Bonchev–Trinajstić information content (AvgIpc) is 2.61. The third-order valence-corrected chi connectivity index (χ3v) is 5.30. The average molecular weight is 323 g/mol. The number of Topliss-reactive ketones (excluding diaryl/α,β-unsaturated/α-hetero) is 1. The van der Waals surface area contributed by atoms with Gasteiger partial charge in [-0.1, -0.05) is 18.2 Å². The van der Waals surface area contributed by atoms with Crippen molar-refractivity contribution >= 4 is 11.5 Å². The number of methoxy groups -OCH3 is 1. The van der Waals surface area contributed by atoms with E-state index in [9.17, 15) is 9.90 Å². The summed E-state index contributed by atoms with van der Waals surface area (Å²) < 4.78 is 5.37. The van der Waals surface area contributed by atoms with Crippen molar-refractivity contribution in [2.24, 2.45) is 5.92 Å². The number of nitrogens with zero attached hydrogens (tertiary/aromatic N) is 1. The van der Waals surface area contributed by atoms with E-state index >= 15 is 0 Å². The van der Waals surface area contributed by atoms with Gasteiger partial charge in [0.2, 0.25) is 0 Å². The summed E-state index contributed by atoms with van der Waals surface area (Å²) in [5.74, 6) is 1.39. The van der Waals surface area contributed by atoms with Gasteiger partial charge in [-0.15, -0.1) is 0 Å². The fourth-order valence-electron chi connectivity index (χ4n) is 4.26. The Kier molecular flexibility index (Phi) is 3.68. The van der Waals surface area contributed by atoms with Crippen molar-refractivity contribution in [2.45, 2.75) is 31.3 Å². The van der Waals surface area contributed by atoms with E-state index in [-0.39, 0.29) is 23.8 Å². The molecule has 2 aromatic carbocycles. The highest BCUT2D eigenvalue weighted by Crippen LogP contribution is 2.48. The Morgan fingerprint density at radius 1 is 1.12 bits per heavy atom. The SMILES string of the molecule is COc1cccc(N2C3CCC(C(=O)C3)C2c2cccc(O)c2)c1. The summed E-state index contributed by atoms with van der Waals surface area (Å²) in [5.41, 5.74) is 2.07. The molecule has 0 radical (unpaired) electrons. The fourth-order valence-corrected chi connectivity index (χ4v) is 4.26. The molecule has 24 heavy (non-hydrogen) atoms. The van der Waals surface area contributed by atoms with E-state index in [2.05, 4.69) is 11.0 Å². The number of phenols is 1. The number of benzene rings is 2. The van der Waals surface area contributed by atoms with Crippen LogP contribution < -0.4 is 9.64 Å². The zero-order valence-electron chi connectivity index (χ0n) is 13.7. The number of carbonyl (C=O) groups is 1.